The molecule has 162 valence electrons. The number of ether oxygens (including phenoxy) is 1. The number of fused-ring (bicyclic) bond motifs is 3. The van der Waals surface area contributed by atoms with Gasteiger partial charge in [0.1, 0.15) is 12.6 Å². The minimum absolute atomic E-state index is 0.0842. The van der Waals surface area contributed by atoms with E-state index in [1.807, 2.05) is 48.5 Å². The van der Waals surface area contributed by atoms with Crippen molar-refractivity contribution in [1.82, 2.24) is 5.32 Å². The highest BCUT2D eigenvalue weighted by Crippen LogP contribution is 2.44. The van der Waals surface area contributed by atoms with E-state index in [9.17, 15) is 19.5 Å². The number of carbonyl (C=O) groups is 3. The normalized spacial score (nSPS) is 12.9. The number of benzene rings is 3. The van der Waals surface area contributed by atoms with E-state index in [-0.39, 0.29) is 18.9 Å². The van der Waals surface area contributed by atoms with Crippen LogP contribution in [0.5, 0.6) is 0 Å². The fourth-order valence-electron chi connectivity index (χ4n) is 4.02. The number of nitrogens with one attached hydrogen (secondary N) is 2. The van der Waals surface area contributed by atoms with Crippen LogP contribution in [0.3, 0.4) is 0 Å². The molecule has 0 spiro atoms. The van der Waals surface area contributed by atoms with Crippen molar-refractivity contribution < 1.29 is 24.2 Å². The second kappa shape index (κ2) is 9.34. The summed E-state index contributed by atoms with van der Waals surface area (Å²) in [5, 5.41) is 14.5. The second-order valence-corrected chi connectivity index (χ2v) is 7.52. The number of aliphatic carboxylic acids is 1. The third-order valence-electron chi connectivity index (χ3n) is 5.55. The minimum Gasteiger partial charge on any atom is -0.480 e. The van der Waals surface area contributed by atoms with Gasteiger partial charge >= 0.3 is 12.1 Å². The van der Waals surface area contributed by atoms with Gasteiger partial charge in [-0.3, -0.25) is 4.79 Å². The maximum Gasteiger partial charge on any atom is 0.407 e. The van der Waals surface area contributed by atoms with Crippen LogP contribution in [-0.2, 0) is 20.7 Å². The highest BCUT2D eigenvalue weighted by molar-refractivity contribution is 5.81. The Balaban J connectivity index is 1.40. The molecule has 0 saturated heterocycles. The van der Waals surface area contributed by atoms with Crippen molar-refractivity contribution in [1.29, 1.82) is 0 Å². The quantitative estimate of drug-likeness (QED) is 0.472. The van der Waals surface area contributed by atoms with Gasteiger partial charge < -0.3 is 20.5 Å². The molecule has 3 aromatic rings. The number of carboxylic acids is 1. The first-order chi connectivity index (χ1) is 15.6. The van der Waals surface area contributed by atoms with Gasteiger partial charge in [-0.05, 0) is 39.9 Å². The van der Waals surface area contributed by atoms with Crippen molar-refractivity contribution in [2.75, 3.05) is 11.9 Å². The van der Waals surface area contributed by atoms with Crippen molar-refractivity contribution in [3.63, 3.8) is 0 Å². The molecule has 7 nitrogen and oxygen atoms in total. The lowest BCUT2D eigenvalue weighted by Crippen LogP contribution is -2.42. The van der Waals surface area contributed by atoms with Gasteiger partial charge in [0.2, 0.25) is 6.41 Å². The van der Waals surface area contributed by atoms with E-state index in [1.165, 1.54) is 0 Å². The second-order valence-electron chi connectivity index (χ2n) is 7.52. The lowest BCUT2D eigenvalue weighted by molar-refractivity contribution is -0.139. The molecule has 0 saturated carbocycles. The molecular formula is C25H22N2O5. The first kappa shape index (κ1) is 21.1. The third kappa shape index (κ3) is 4.46. The Morgan fingerprint density at radius 2 is 1.53 bits per heavy atom. The number of amides is 2. The fraction of sp³-hybridized carbons (Fsp3) is 0.160. The topological polar surface area (TPSA) is 105 Å². The number of carbonyl (C=O) groups excluding carboxylic acids is 2. The standard InChI is InChI=1S/C25H22N2O5/c28-15-26-17-11-9-16(10-12-17)13-23(24(29)30)27-25(31)32-14-22-20-7-3-1-5-18(20)19-6-2-4-8-21(19)22/h1-12,15,22-23H,13-14H2,(H,26,28)(H,27,31)(H,29,30). The molecule has 2 amide bonds. The van der Waals surface area contributed by atoms with Gasteiger partial charge in [0, 0.05) is 18.0 Å². The van der Waals surface area contributed by atoms with Crippen molar-refractivity contribution in [3.8, 4) is 11.1 Å². The maximum atomic E-state index is 12.4. The van der Waals surface area contributed by atoms with Crippen LogP contribution in [0.4, 0.5) is 10.5 Å². The number of hydrogen-bond donors (Lipinski definition) is 3. The molecule has 1 atom stereocenters. The molecule has 1 aliphatic carbocycles. The molecule has 0 fully saturated rings. The molecule has 3 aromatic carbocycles. The fourth-order valence-corrected chi connectivity index (χ4v) is 4.02. The van der Waals surface area contributed by atoms with Crippen molar-refractivity contribution in [2.45, 2.75) is 18.4 Å². The average Bonchev–Trinajstić information content (AvgIpc) is 3.12. The molecule has 0 radical (unpaired) electrons. The molecule has 0 aliphatic heterocycles. The van der Waals surface area contributed by atoms with Gasteiger partial charge in [-0.15, -0.1) is 0 Å². The van der Waals surface area contributed by atoms with Crippen molar-refractivity contribution in [3.05, 3.63) is 89.5 Å². The summed E-state index contributed by atoms with van der Waals surface area (Å²) < 4.78 is 5.45. The monoisotopic (exact) mass is 430 g/mol. The van der Waals surface area contributed by atoms with Gasteiger partial charge in [-0.2, -0.15) is 0 Å². The number of hydrogen-bond acceptors (Lipinski definition) is 4. The minimum atomic E-state index is -1.16. The number of anilines is 1. The van der Waals surface area contributed by atoms with Crippen molar-refractivity contribution in [2.24, 2.45) is 0 Å². The van der Waals surface area contributed by atoms with E-state index >= 15 is 0 Å². The first-order valence-electron chi connectivity index (χ1n) is 10.2. The summed E-state index contributed by atoms with van der Waals surface area (Å²) in [7, 11) is 0. The Hall–Kier alpha value is -4.13. The lowest BCUT2D eigenvalue weighted by atomic mass is 9.98. The highest BCUT2D eigenvalue weighted by atomic mass is 16.5. The van der Waals surface area contributed by atoms with Gasteiger partial charge in [-0.25, -0.2) is 9.59 Å². The summed E-state index contributed by atoms with van der Waals surface area (Å²) in [6, 6.07) is 21.6. The summed E-state index contributed by atoms with van der Waals surface area (Å²) >= 11 is 0. The Morgan fingerprint density at radius 3 is 2.09 bits per heavy atom. The Bertz CT molecular complexity index is 1100. The largest absolute Gasteiger partial charge is 0.480 e. The van der Waals surface area contributed by atoms with Crippen LogP contribution >= 0.6 is 0 Å². The van der Waals surface area contributed by atoms with Gasteiger partial charge in [0.05, 0.1) is 0 Å². The van der Waals surface area contributed by atoms with E-state index in [0.717, 1.165) is 22.3 Å². The van der Waals surface area contributed by atoms with Gasteiger partial charge in [-0.1, -0.05) is 60.7 Å². The summed E-state index contributed by atoms with van der Waals surface area (Å²) in [5.41, 5.74) is 5.70. The molecule has 0 heterocycles. The number of carboxylic acid groups (broad SMARTS) is 1. The Kier molecular flexibility index (Phi) is 6.17. The van der Waals surface area contributed by atoms with Crippen LogP contribution in [-0.4, -0.2) is 36.2 Å². The average molecular weight is 430 g/mol. The van der Waals surface area contributed by atoms with E-state index in [0.29, 0.717) is 17.7 Å². The van der Waals surface area contributed by atoms with Gasteiger partial charge in [0.25, 0.3) is 0 Å². The lowest BCUT2D eigenvalue weighted by Gasteiger charge is -2.17. The highest BCUT2D eigenvalue weighted by Gasteiger charge is 2.29. The van der Waals surface area contributed by atoms with Crippen LogP contribution in [0.2, 0.25) is 0 Å². The molecule has 1 unspecified atom stereocenters. The molecule has 4 rings (SSSR count). The molecule has 0 bridgehead atoms. The molecule has 3 N–H and O–H groups in total. The zero-order valence-corrected chi connectivity index (χ0v) is 17.2. The van der Waals surface area contributed by atoms with Crippen LogP contribution < -0.4 is 10.6 Å². The molecule has 0 aromatic heterocycles. The summed E-state index contributed by atoms with van der Waals surface area (Å²) in [6.45, 7) is 0.109. The zero-order chi connectivity index (χ0) is 22.5. The van der Waals surface area contributed by atoms with Crippen LogP contribution in [0.25, 0.3) is 11.1 Å². The molecule has 1 aliphatic rings. The first-order valence-corrected chi connectivity index (χ1v) is 10.2. The maximum absolute atomic E-state index is 12.4. The predicted molar refractivity (Wildman–Crippen MR) is 119 cm³/mol. The molecule has 7 heteroatoms. The summed E-state index contributed by atoms with van der Waals surface area (Å²) in [6.07, 6.45) is -0.132. The summed E-state index contributed by atoms with van der Waals surface area (Å²) in [4.78, 5) is 34.6. The van der Waals surface area contributed by atoms with Crippen LogP contribution in [0, 0.1) is 0 Å². The van der Waals surface area contributed by atoms with Crippen molar-refractivity contribution >= 4 is 24.2 Å². The summed E-state index contributed by atoms with van der Waals surface area (Å²) in [5.74, 6) is -1.26. The molecule has 32 heavy (non-hydrogen) atoms. The number of rotatable bonds is 8. The smallest absolute Gasteiger partial charge is 0.407 e. The molecular weight excluding hydrogens is 408 g/mol. The van der Waals surface area contributed by atoms with E-state index in [4.69, 9.17) is 4.74 Å². The predicted octanol–water partition coefficient (Wildman–Crippen LogP) is 3.79. The van der Waals surface area contributed by atoms with Crippen LogP contribution in [0.15, 0.2) is 72.8 Å². The third-order valence-corrected chi connectivity index (χ3v) is 5.55. The Labute approximate surface area is 185 Å². The number of alkyl carbamates (subject to hydrolysis) is 1. The van der Waals surface area contributed by atoms with Gasteiger partial charge in [0.15, 0.2) is 0 Å². The van der Waals surface area contributed by atoms with E-state index in [2.05, 4.69) is 10.6 Å². The Morgan fingerprint density at radius 1 is 0.938 bits per heavy atom. The van der Waals surface area contributed by atoms with Crippen LogP contribution in [0.1, 0.15) is 22.6 Å². The van der Waals surface area contributed by atoms with E-state index < -0.39 is 18.1 Å². The zero-order valence-electron chi connectivity index (χ0n) is 17.2. The van der Waals surface area contributed by atoms with E-state index in [1.54, 1.807) is 24.3 Å². The SMILES string of the molecule is O=CNc1ccc(CC(NC(=O)OCC2c3ccccc3-c3ccccc32)C(=O)O)cc1.